The Morgan fingerprint density at radius 2 is 1.11 bits per heavy atom. The molecule has 2 aliphatic heterocycles. The first kappa shape index (κ1) is 56.4. The predicted molar refractivity (Wildman–Crippen MR) is 231 cm³/mol. The van der Waals surface area contributed by atoms with Crippen LogP contribution in [0.5, 0.6) is 0 Å². The molecule has 0 aromatic rings. The van der Waals surface area contributed by atoms with E-state index in [9.17, 15) is 73.8 Å². The van der Waals surface area contributed by atoms with Gasteiger partial charge in [0.15, 0.2) is 5.96 Å². The van der Waals surface area contributed by atoms with Crippen LogP contribution in [0.1, 0.15) is 72.6 Å². The molecule has 18 N–H and O–H groups in total. The van der Waals surface area contributed by atoms with Crippen molar-refractivity contribution >= 4 is 59.2 Å². The number of aliphatic hydroxyl groups is 5. The highest BCUT2D eigenvalue weighted by atomic mass is 16.4. The Morgan fingerprint density at radius 3 is 1.59 bits per heavy atom. The molecule has 374 valence electrons. The molecule has 2 rings (SSSR count). The highest BCUT2D eigenvalue weighted by Gasteiger charge is 2.42. The van der Waals surface area contributed by atoms with Crippen molar-refractivity contribution in [2.45, 2.75) is 139 Å². The number of nitrogens with one attached hydrogen (secondary N) is 6. The molecule has 8 amide bonds. The van der Waals surface area contributed by atoms with Crippen LogP contribution in [0.3, 0.4) is 0 Å². The van der Waals surface area contributed by atoms with Crippen molar-refractivity contribution < 1.29 is 73.8 Å². The number of guanidine groups is 1. The van der Waals surface area contributed by atoms with Gasteiger partial charge in [0.25, 0.3) is 0 Å². The lowest BCUT2D eigenvalue weighted by atomic mass is 9.97. The van der Waals surface area contributed by atoms with Gasteiger partial charge in [-0.3, -0.25) is 43.3 Å². The van der Waals surface area contributed by atoms with Crippen molar-refractivity contribution in [1.29, 1.82) is 0 Å². The Kier molecular flexibility index (Phi) is 23.1. The largest absolute Gasteiger partial charge is 0.480 e. The van der Waals surface area contributed by atoms with Gasteiger partial charge in [-0.1, -0.05) is 20.3 Å². The normalized spacial score (nSPS) is 20.4. The third kappa shape index (κ3) is 16.0. The van der Waals surface area contributed by atoms with E-state index in [-0.39, 0.29) is 57.7 Å². The molecular weight excluding hydrogens is 876 g/mol. The number of hydrogen-bond donors (Lipinski definition) is 15. The van der Waals surface area contributed by atoms with Gasteiger partial charge < -0.3 is 89.5 Å². The average molecular weight is 945 g/mol. The van der Waals surface area contributed by atoms with Gasteiger partial charge in [-0.15, -0.1) is 0 Å². The number of nitrogens with zero attached hydrogens (tertiary/aromatic N) is 3. The summed E-state index contributed by atoms with van der Waals surface area (Å²) in [4.78, 5) is 125. The summed E-state index contributed by atoms with van der Waals surface area (Å²) in [6.45, 7) is 2.99. The number of aliphatic hydroxyl groups excluding tert-OH is 5. The molecule has 0 aromatic heterocycles. The minimum Gasteiger partial charge on any atom is -0.480 e. The first-order chi connectivity index (χ1) is 31.0. The van der Waals surface area contributed by atoms with Crippen LogP contribution in [0.15, 0.2) is 4.99 Å². The lowest BCUT2D eigenvalue weighted by Crippen LogP contribution is -2.63. The molecule has 2 aliphatic rings. The Morgan fingerprint density at radius 1 is 0.636 bits per heavy atom. The van der Waals surface area contributed by atoms with Crippen molar-refractivity contribution in [2.75, 3.05) is 39.5 Å². The van der Waals surface area contributed by atoms with E-state index in [1.165, 1.54) is 4.90 Å². The summed E-state index contributed by atoms with van der Waals surface area (Å²) in [6.07, 6.45) is -1.77. The Labute approximate surface area is 381 Å². The maximum Gasteiger partial charge on any atom is 0.326 e. The van der Waals surface area contributed by atoms with E-state index in [2.05, 4.69) is 36.9 Å². The molecule has 0 aliphatic carbocycles. The minimum atomic E-state index is -1.83. The summed E-state index contributed by atoms with van der Waals surface area (Å²) in [5.74, 6) is -9.99. The highest BCUT2D eigenvalue weighted by Crippen LogP contribution is 2.21. The molecule has 0 bridgehead atoms. The predicted octanol–water partition coefficient (Wildman–Crippen LogP) is -7.87. The Balaban J connectivity index is 2.23. The van der Waals surface area contributed by atoms with Gasteiger partial charge in [0.2, 0.25) is 47.3 Å². The first-order valence-electron chi connectivity index (χ1n) is 21.7. The Hall–Kier alpha value is -5.74. The van der Waals surface area contributed by atoms with Crippen LogP contribution in [0.2, 0.25) is 0 Å². The number of aliphatic carboxylic acids is 1. The zero-order valence-corrected chi connectivity index (χ0v) is 37.6. The molecule has 0 radical (unpaired) electrons. The number of nitrogens with two attached hydrogens (primary N) is 3. The third-order valence-electron chi connectivity index (χ3n) is 11.3. The molecule has 27 nitrogen and oxygen atoms in total. The molecule has 2 heterocycles. The van der Waals surface area contributed by atoms with Crippen LogP contribution in [-0.4, -0.2) is 206 Å². The maximum absolute atomic E-state index is 13.8. The second kappa shape index (κ2) is 27.0. The monoisotopic (exact) mass is 944 g/mol. The van der Waals surface area contributed by atoms with Crippen molar-refractivity contribution in [2.24, 2.45) is 28.1 Å². The number of likely N-dealkylation sites (tertiary alicyclic amines) is 2. The Bertz CT molecular complexity index is 1750. The van der Waals surface area contributed by atoms with E-state index in [0.717, 1.165) is 18.7 Å². The molecule has 66 heavy (non-hydrogen) atoms. The lowest BCUT2D eigenvalue weighted by molar-refractivity contribution is -0.151. The second-order valence-corrected chi connectivity index (χ2v) is 16.3. The minimum absolute atomic E-state index is 0.0374. The number of rotatable bonds is 26. The van der Waals surface area contributed by atoms with Crippen molar-refractivity contribution in [3.05, 3.63) is 0 Å². The molecule has 27 heteroatoms. The summed E-state index contributed by atoms with van der Waals surface area (Å²) >= 11 is 0. The van der Waals surface area contributed by atoms with E-state index in [0.29, 0.717) is 12.8 Å². The van der Waals surface area contributed by atoms with E-state index in [1.807, 2.05) is 0 Å². The fourth-order valence-corrected chi connectivity index (χ4v) is 7.27. The molecule has 0 aromatic carbocycles. The zero-order valence-electron chi connectivity index (χ0n) is 37.6. The lowest BCUT2D eigenvalue weighted by Gasteiger charge is -2.31. The van der Waals surface area contributed by atoms with E-state index >= 15 is 0 Å². The zero-order chi connectivity index (χ0) is 50.0. The first-order valence-corrected chi connectivity index (χ1v) is 21.7. The maximum atomic E-state index is 13.8. The topological polar surface area (TPSA) is 444 Å². The smallest absolute Gasteiger partial charge is 0.326 e. The molecule has 0 unspecified atom stereocenters. The van der Waals surface area contributed by atoms with Crippen LogP contribution in [0, 0.1) is 5.92 Å². The molecule has 0 spiro atoms. The van der Waals surface area contributed by atoms with Crippen LogP contribution >= 0.6 is 0 Å². The van der Waals surface area contributed by atoms with Gasteiger partial charge >= 0.3 is 5.97 Å². The van der Waals surface area contributed by atoms with E-state index < -0.39 is 146 Å². The molecule has 2 saturated heterocycles. The molecule has 2 fully saturated rings. The van der Waals surface area contributed by atoms with Gasteiger partial charge in [-0.2, -0.15) is 0 Å². The number of amides is 8. The standard InChI is InChI=1S/C39H68N12O15/c1-5-18(2)27(34(61)48-28(19(3)55)35(62)46-24(17-54)32(59)49-29(20(4)56)37(64)51-14-8-11-26(51)38(65)66)47-31(58)23(16-53)45-30(57)22(9-6-12-43-39(41)42)44-33(60)25-10-7-13-50(25)36(63)21(40)15-52/h18-29,52-56H,5-17,40H2,1-4H3,(H,44,60)(H,45,57)(H,46,62)(H,47,58)(H,48,61)(H,49,59)(H,65,66)(H4,41,42,43)/t18-,19+,20+,21-,22-,23-,24-,25-,26-,27-,28-,29-/m0/s1. The SMILES string of the molecule is CC[C@H](C)[C@H](NC(=O)[C@H](CO)NC(=O)[C@H](CCCN=C(N)N)NC(=O)[C@@H]1CCCN1C(=O)[C@@H](N)CO)C(=O)N[C@H](C(=O)N[C@@H](CO)C(=O)N[C@H](C(=O)N1CCC[C@H]1C(=O)O)[C@@H](C)O)[C@@H](C)O. The number of aliphatic imine (C=N–C) groups is 1. The van der Waals surface area contributed by atoms with Crippen molar-refractivity contribution in [1.82, 2.24) is 41.7 Å². The van der Waals surface area contributed by atoms with E-state index in [4.69, 9.17) is 17.2 Å². The fraction of sp³-hybridized carbons (Fsp3) is 0.744. The summed E-state index contributed by atoms with van der Waals surface area (Å²) < 4.78 is 0. The van der Waals surface area contributed by atoms with Crippen LogP contribution < -0.4 is 49.1 Å². The number of carbonyl (C=O) groups excluding carboxylic acids is 8. The number of carbonyl (C=O) groups is 9. The van der Waals surface area contributed by atoms with Crippen molar-refractivity contribution in [3.8, 4) is 0 Å². The number of hydrogen-bond acceptors (Lipinski definition) is 16. The van der Waals surface area contributed by atoms with Gasteiger partial charge in [0, 0.05) is 19.6 Å². The van der Waals surface area contributed by atoms with Gasteiger partial charge in [-0.05, 0) is 58.3 Å². The van der Waals surface area contributed by atoms with Gasteiger partial charge in [-0.25, -0.2) is 4.79 Å². The second-order valence-electron chi connectivity index (χ2n) is 16.3. The molecule has 0 saturated carbocycles. The number of carboxylic acids is 1. The van der Waals surface area contributed by atoms with Crippen LogP contribution in [-0.2, 0) is 43.2 Å². The summed E-state index contributed by atoms with van der Waals surface area (Å²) in [5.41, 5.74) is 16.5. The quantitative estimate of drug-likeness (QED) is 0.0218. The highest BCUT2D eigenvalue weighted by molar-refractivity contribution is 5.98. The van der Waals surface area contributed by atoms with Gasteiger partial charge in [0.1, 0.15) is 54.4 Å². The summed E-state index contributed by atoms with van der Waals surface area (Å²) in [5, 5.41) is 74.0. The molecule has 12 atom stereocenters. The van der Waals surface area contributed by atoms with Crippen LogP contribution in [0.4, 0.5) is 0 Å². The molecular formula is C39H68N12O15. The van der Waals surface area contributed by atoms with E-state index in [1.54, 1.807) is 13.8 Å². The van der Waals surface area contributed by atoms with Crippen molar-refractivity contribution in [3.63, 3.8) is 0 Å². The average Bonchev–Trinajstić information content (AvgIpc) is 3.98. The third-order valence-corrected chi connectivity index (χ3v) is 11.3. The summed E-state index contributed by atoms with van der Waals surface area (Å²) in [7, 11) is 0. The number of carboxylic acid groups (broad SMARTS) is 1. The van der Waals surface area contributed by atoms with Crippen LogP contribution in [0.25, 0.3) is 0 Å². The van der Waals surface area contributed by atoms with Gasteiger partial charge in [0.05, 0.1) is 32.0 Å². The summed E-state index contributed by atoms with van der Waals surface area (Å²) in [6, 6.07) is -13.4. The fourth-order valence-electron chi connectivity index (χ4n) is 7.27.